The predicted octanol–water partition coefficient (Wildman–Crippen LogP) is 5.15. The van der Waals surface area contributed by atoms with Crippen molar-refractivity contribution in [3.05, 3.63) is 61.7 Å². The Morgan fingerprint density at radius 1 is 1.15 bits per heavy atom. The summed E-state index contributed by atoms with van der Waals surface area (Å²) in [5.41, 5.74) is 1.45. The van der Waals surface area contributed by atoms with Gasteiger partial charge in [0.1, 0.15) is 5.82 Å². The summed E-state index contributed by atoms with van der Waals surface area (Å²) >= 11 is 12.4. The van der Waals surface area contributed by atoms with E-state index < -0.39 is 6.04 Å². The first-order valence-corrected chi connectivity index (χ1v) is 7.75. The Hall–Kier alpha value is -0.620. The van der Waals surface area contributed by atoms with Crippen molar-refractivity contribution in [1.29, 1.82) is 0 Å². The van der Waals surface area contributed by atoms with E-state index in [0.29, 0.717) is 15.1 Å². The lowest BCUT2D eigenvalue weighted by Crippen LogP contribution is -2.15. The fourth-order valence-electron chi connectivity index (χ4n) is 1.75. The van der Waals surface area contributed by atoms with Gasteiger partial charge in [-0.05, 0) is 67.8 Å². The lowest BCUT2D eigenvalue weighted by atomic mass is 10.1. The Morgan fingerprint density at radius 3 is 2.50 bits per heavy atom. The molecule has 0 radical (unpaired) electrons. The van der Waals surface area contributed by atoms with E-state index in [-0.39, 0.29) is 12.4 Å². The largest absolute Gasteiger partial charge is 0.394 e. The Kier molecular flexibility index (Phi) is 5.43. The molecule has 0 saturated heterocycles. The highest BCUT2D eigenvalue weighted by atomic mass is 79.9. The first kappa shape index (κ1) is 15.8. The van der Waals surface area contributed by atoms with Gasteiger partial charge in [-0.15, -0.1) is 0 Å². The number of halogens is 4. The van der Waals surface area contributed by atoms with Crippen LogP contribution in [0.5, 0.6) is 0 Å². The van der Waals surface area contributed by atoms with Crippen molar-refractivity contribution in [3.8, 4) is 0 Å². The van der Waals surface area contributed by atoms with Crippen molar-refractivity contribution in [1.82, 2.24) is 0 Å². The minimum Gasteiger partial charge on any atom is -0.394 e. The number of nitrogens with one attached hydrogen (secondary N) is 1. The number of anilines is 1. The minimum atomic E-state index is -0.398. The van der Waals surface area contributed by atoms with Crippen LogP contribution in [0, 0.1) is 5.82 Å². The molecule has 0 amide bonds. The third kappa shape index (κ3) is 3.73. The molecule has 1 atom stereocenters. The average Bonchev–Trinajstić information content (AvgIpc) is 2.43. The second-order valence-electron chi connectivity index (χ2n) is 4.18. The lowest BCUT2D eigenvalue weighted by Gasteiger charge is -2.18. The van der Waals surface area contributed by atoms with Gasteiger partial charge in [0.15, 0.2) is 0 Å². The van der Waals surface area contributed by atoms with Gasteiger partial charge >= 0.3 is 0 Å². The first-order chi connectivity index (χ1) is 9.51. The number of aliphatic hydroxyl groups is 1. The standard InChI is InChI=1S/C14H11Br2ClFNO/c15-10-3-1-8(5-13(10)18)14(7-20)19-9-2-4-12(17)11(16)6-9/h1-6,14,19-20H,7H2. The monoisotopic (exact) mass is 421 g/mol. The molecule has 2 aromatic carbocycles. The molecule has 0 bridgehead atoms. The number of hydrogen-bond donors (Lipinski definition) is 2. The van der Waals surface area contributed by atoms with E-state index in [1.807, 2.05) is 0 Å². The van der Waals surface area contributed by atoms with Crippen molar-refractivity contribution in [2.75, 3.05) is 11.9 Å². The summed E-state index contributed by atoms with van der Waals surface area (Å²) in [6, 6.07) is 9.71. The molecule has 6 heteroatoms. The molecule has 2 rings (SSSR count). The minimum absolute atomic E-state index is 0.151. The average molecular weight is 424 g/mol. The van der Waals surface area contributed by atoms with E-state index in [1.54, 1.807) is 30.3 Å². The van der Waals surface area contributed by atoms with Crippen molar-refractivity contribution in [2.45, 2.75) is 6.04 Å². The molecule has 0 aliphatic heterocycles. The van der Waals surface area contributed by atoms with Gasteiger partial charge in [-0.3, -0.25) is 0 Å². The molecule has 2 nitrogen and oxygen atoms in total. The van der Waals surface area contributed by atoms with Crippen molar-refractivity contribution in [3.63, 3.8) is 0 Å². The van der Waals surface area contributed by atoms with Crippen LogP contribution in [0.1, 0.15) is 11.6 Å². The van der Waals surface area contributed by atoms with Gasteiger partial charge in [-0.2, -0.15) is 0 Å². The Labute approximate surface area is 138 Å². The smallest absolute Gasteiger partial charge is 0.137 e. The van der Waals surface area contributed by atoms with Gasteiger partial charge in [0.2, 0.25) is 0 Å². The fraction of sp³-hybridized carbons (Fsp3) is 0.143. The van der Waals surface area contributed by atoms with E-state index in [0.717, 1.165) is 10.2 Å². The summed E-state index contributed by atoms with van der Waals surface area (Å²) < 4.78 is 14.7. The van der Waals surface area contributed by atoms with Crippen LogP contribution in [0.15, 0.2) is 45.3 Å². The van der Waals surface area contributed by atoms with Crippen molar-refractivity contribution in [2.24, 2.45) is 0 Å². The quantitative estimate of drug-likeness (QED) is 0.713. The zero-order valence-corrected chi connectivity index (χ0v) is 14.1. The molecule has 2 aromatic rings. The third-order valence-corrected chi connectivity index (χ3v) is 4.65. The van der Waals surface area contributed by atoms with Gasteiger partial charge in [-0.1, -0.05) is 17.7 Å². The summed E-state index contributed by atoms with van der Waals surface area (Å²) in [6.45, 7) is -0.151. The molecule has 0 spiro atoms. The summed E-state index contributed by atoms with van der Waals surface area (Å²) in [6.07, 6.45) is 0. The van der Waals surface area contributed by atoms with Gasteiger partial charge in [0.05, 0.1) is 22.1 Å². The molecule has 0 heterocycles. The zero-order valence-electron chi connectivity index (χ0n) is 10.2. The molecule has 1 unspecified atom stereocenters. The molecule has 20 heavy (non-hydrogen) atoms. The van der Waals surface area contributed by atoms with Gasteiger partial charge in [-0.25, -0.2) is 4.39 Å². The maximum atomic E-state index is 13.6. The van der Waals surface area contributed by atoms with Crippen LogP contribution in [0.2, 0.25) is 5.02 Å². The van der Waals surface area contributed by atoms with Gasteiger partial charge in [0.25, 0.3) is 0 Å². The Balaban J connectivity index is 2.23. The molecule has 0 aliphatic carbocycles. The van der Waals surface area contributed by atoms with E-state index in [2.05, 4.69) is 37.2 Å². The molecule has 0 aromatic heterocycles. The highest BCUT2D eigenvalue weighted by Crippen LogP contribution is 2.28. The molecular weight excluding hydrogens is 412 g/mol. The van der Waals surface area contributed by atoms with Crippen LogP contribution >= 0.6 is 43.5 Å². The highest BCUT2D eigenvalue weighted by molar-refractivity contribution is 9.10. The SMILES string of the molecule is OCC(Nc1ccc(Cl)c(Br)c1)c1ccc(Br)c(F)c1. The van der Waals surface area contributed by atoms with E-state index >= 15 is 0 Å². The van der Waals surface area contributed by atoms with E-state index in [1.165, 1.54) is 6.07 Å². The maximum Gasteiger partial charge on any atom is 0.137 e. The first-order valence-electron chi connectivity index (χ1n) is 5.78. The van der Waals surface area contributed by atoms with Crippen LogP contribution in [-0.2, 0) is 0 Å². The molecular formula is C14H11Br2ClFNO. The van der Waals surface area contributed by atoms with Crippen LogP contribution in [0.3, 0.4) is 0 Å². The lowest BCUT2D eigenvalue weighted by molar-refractivity contribution is 0.276. The van der Waals surface area contributed by atoms with Crippen LogP contribution < -0.4 is 5.32 Å². The number of hydrogen-bond acceptors (Lipinski definition) is 2. The number of benzene rings is 2. The van der Waals surface area contributed by atoms with Gasteiger partial charge < -0.3 is 10.4 Å². The second kappa shape index (κ2) is 6.89. The number of rotatable bonds is 4. The van der Waals surface area contributed by atoms with Crippen LogP contribution in [0.25, 0.3) is 0 Å². The van der Waals surface area contributed by atoms with Crippen LogP contribution in [-0.4, -0.2) is 11.7 Å². The fourth-order valence-corrected chi connectivity index (χ4v) is 2.49. The number of aliphatic hydroxyl groups excluding tert-OH is 1. The molecule has 0 fully saturated rings. The van der Waals surface area contributed by atoms with E-state index in [9.17, 15) is 9.50 Å². The predicted molar refractivity (Wildman–Crippen MR) is 86.7 cm³/mol. The Bertz CT molecular complexity index is 624. The molecule has 0 aliphatic rings. The summed E-state index contributed by atoms with van der Waals surface area (Å²) in [5, 5.41) is 13.2. The third-order valence-electron chi connectivity index (χ3n) is 2.79. The van der Waals surface area contributed by atoms with Crippen molar-refractivity contribution >= 4 is 49.1 Å². The molecule has 0 saturated carbocycles. The topological polar surface area (TPSA) is 32.3 Å². The Morgan fingerprint density at radius 2 is 1.90 bits per heavy atom. The van der Waals surface area contributed by atoms with E-state index in [4.69, 9.17) is 11.6 Å². The molecule has 106 valence electrons. The summed E-state index contributed by atoms with van der Waals surface area (Å²) in [5.74, 6) is -0.361. The van der Waals surface area contributed by atoms with Gasteiger partial charge in [0, 0.05) is 10.2 Å². The zero-order chi connectivity index (χ0) is 14.7. The van der Waals surface area contributed by atoms with Crippen molar-refractivity contribution < 1.29 is 9.50 Å². The van der Waals surface area contributed by atoms with Crippen LogP contribution in [0.4, 0.5) is 10.1 Å². The molecule has 2 N–H and O–H groups in total. The maximum absolute atomic E-state index is 13.6. The highest BCUT2D eigenvalue weighted by Gasteiger charge is 2.13. The second-order valence-corrected chi connectivity index (χ2v) is 6.30. The summed E-state index contributed by atoms with van der Waals surface area (Å²) in [4.78, 5) is 0. The summed E-state index contributed by atoms with van der Waals surface area (Å²) in [7, 11) is 0. The normalized spacial score (nSPS) is 12.2.